The molecule has 2 N–H and O–H groups in total. The van der Waals surface area contributed by atoms with E-state index < -0.39 is 5.97 Å². The predicted molar refractivity (Wildman–Crippen MR) is 98.7 cm³/mol. The quantitative estimate of drug-likeness (QED) is 0.670. The highest BCUT2D eigenvalue weighted by Gasteiger charge is 2.13. The smallest absolute Gasteiger partial charge is 0.304 e. The fourth-order valence-electron chi connectivity index (χ4n) is 2.46. The number of carboxylic acids is 1. The van der Waals surface area contributed by atoms with E-state index in [1.165, 1.54) is 17.3 Å². The molecule has 0 aliphatic rings. The van der Waals surface area contributed by atoms with Gasteiger partial charge in [-0.2, -0.15) is 16.9 Å². The molecule has 0 spiro atoms. The summed E-state index contributed by atoms with van der Waals surface area (Å²) in [6, 6.07) is 10.1. The third kappa shape index (κ3) is 5.94. The summed E-state index contributed by atoms with van der Waals surface area (Å²) in [6.45, 7) is 5.08. The molecule has 1 heterocycles. The van der Waals surface area contributed by atoms with E-state index in [-0.39, 0.29) is 18.1 Å². The fraction of sp³-hybridized carbons (Fsp3) is 0.389. The van der Waals surface area contributed by atoms with Gasteiger partial charge in [-0.1, -0.05) is 30.3 Å². The van der Waals surface area contributed by atoms with Crippen molar-refractivity contribution >= 4 is 23.6 Å². The van der Waals surface area contributed by atoms with Crippen molar-refractivity contribution in [3.63, 3.8) is 0 Å². The number of nitrogens with zero attached hydrogens (tertiary/aromatic N) is 2. The normalized spacial score (nSPS) is 10.6. The lowest BCUT2D eigenvalue weighted by molar-refractivity contribution is -0.136. The first-order valence-corrected chi connectivity index (χ1v) is 9.26. The van der Waals surface area contributed by atoms with Crippen LogP contribution in [0.4, 0.5) is 0 Å². The van der Waals surface area contributed by atoms with Crippen molar-refractivity contribution in [1.29, 1.82) is 0 Å². The van der Waals surface area contributed by atoms with Gasteiger partial charge >= 0.3 is 5.97 Å². The minimum Gasteiger partial charge on any atom is -0.481 e. The monoisotopic (exact) mass is 361 g/mol. The second kappa shape index (κ2) is 9.27. The largest absolute Gasteiger partial charge is 0.481 e. The van der Waals surface area contributed by atoms with Gasteiger partial charge in [-0.3, -0.25) is 14.3 Å². The maximum absolute atomic E-state index is 11.9. The Hall–Kier alpha value is -2.28. The molecule has 7 heteroatoms. The minimum absolute atomic E-state index is 0.0718. The van der Waals surface area contributed by atoms with E-state index in [2.05, 4.69) is 22.5 Å². The Morgan fingerprint density at radius 2 is 1.96 bits per heavy atom. The molecule has 6 nitrogen and oxygen atoms in total. The van der Waals surface area contributed by atoms with Crippen LogP contribution in [0.2, 0.25) is 0 Å². The minimum atomic E-state index is -0.843. The number of carbonyl (C=O) groups excluding carboxylic acids is 1. The molecule has 0 aliphatic carbocycles. The van der Waals surface area contributed by atoms with Gasteiger partial charge in [0.05, 0.1) is 24.4 Å². The number of carboxylic acid groups (broad SMARTS) is 1. The Balaban J connectivity index is 1.88. The molecule has 0 fully saturated rings. The van der Waals surface area contributed by atoms with Crippen LogP contribution in [-0.2, 0) is 22.7 Å². The molecule has 0 bridgehead atoms. The first-order valence-electron chi connectivity index (χ1n) is 8.10. The SMILES string of the molecule is Cc1nn(Cc2ccccc2)c(C)c1CNC(=O)CSCCC(=O)O. The molecule has 0 radical (unpaired) electrons. The number of rotatable bonds is 9. The summed E-state index contributed by atoms with van der Waals surface area (Å²) >= 11 is 1.33. The van der Waals surface area contributed by atoms with E-state index in [0.29, 0.717) is 18.8 Å². The summed E-state index contributed by atoms with van der Waals surface area (Å²) < 4.78 is 1.95. The molecular weight excluding hydrogens is 338 g/mol. The molecule has 1 aromatic heterocycles. The van der Waals surface area contributed by atoms with Gasteiger partial charge in [0, 0.05) is 23.6 Å². The lowest BCUT2D eigenvalue weighted by Gasteiger charge is -2.07. The average molecular weight is 361 g/mol. The second-order valence-corrected chi connectivity index (χ2v) is 6.87. The zero-order valence-corrected chi connectivity index (χ0v) is 15.3. The van der Waals surface area contributed by atoms with Crippen molar-refractivity contribution in [1.82, 2.24) is 15.1 Å². The molecule has 0 unspecified atom stereocenters. The molecule has 25 heavy (non-hydrogen) atoms. The number of aryl methyl sites for hydroxylation is 1. The van der Waals surface area contributed by atoms with Crippen LogP contribution in [0.25, 0.3) is 0 Å². The summed E-state index contributed by atoms with van der Waals surface area (Å²) in [5.74, 6) is -0.228. The van der Waals surface area contributed by atoms with Gasteiger partial charge in [0.2, 0.25) is 5.91 Å². The lowest BCUT2D eigenvalue weighted by Crippen LogP contribution is -2.25. The highest BCUT2D eigenvalue weighted by Crippen LogP contribution is 2.15. The molecular formula is C18H23N3O3S. The molecule has 0 saturated heterocycles. The number of nitrogens with one attached hydrogen (secondary N) is 1. The summed E-state index contributed by atoms with van der Waals surface area (Å²) in [5.41, 5.74) is 4.16. The Morgan fingerprint density at radius 1 is 1.24 bits per heavy atom. The van der Waals surface area contributed by atoms with Gasteiger partial charge in [-0.25, -0.2) is 0 Å². The molecule has 134 valence electrons. The zero-order chi connectivity index (χ0) is 18.2. The van der Waals surface area contributed by atoms with Gasteiger partial charge in [-0.05, 0) is 19.4 Å². The van der Waals surface area contributed by atoms with Crippen LogP contribution < -0.4 is 5.32 Å². The predicted octanol–water partition coefficient (Wildman–Crippen LogP) is 2.37. The molecule has 0 atom stereocenters. The number of carbonyl (C=O) groups is 2. The van der Waals surface area contributed by atoms with Crippen LogP contribution in [0.1, 0.15) is 28.9 Å². The number of amides is 1. The standard InChI is InChI=1S/C18H23N3O3S/c1-13-16(10-19-17(22)12-25-9-8-18(23)24)14(2)21(20-13)11-15-6-4-3-5-7-15/h3-7H,8-12H2,1-2H3,(H,19,22)(H,23,24). The highest BCUT2D eigenvalue weighted by molar-refractivity contribution is 7.99. The number of thioether (sulfide) groups is 1. The van der Waals surface area contributed by atoms with Crippen molar-refractivity contribution in [2.24, 2.45) is 0 Å². The first kappa shape index (κ1) is 19.1. The van der Waals surface area contributed by atoms with E-state index >= 15 is 0 Å². The van der Waals surface area contributed by atoms with Gasteiger partial charge in [-0.15, -0.1) is 0 Å². The number of benzene rings is 1. The van der Waals surface area contributed by atoms with Crippen LogP contribution >= 0.6 is 11.8 Å². The van der Waals surface area contributed by atoms with Crippen molar-refractivity contribution in [3.8, 4) is 0 Å². The summed E-state index contributed by atoms with van der Waals surface area (Å²) in [7, 11) is 0. The van der Waals surface area contributed by atoms with E-state index in [1.54, 1.807) is 0 Å². The molecule has 2 aromatic rings. The third-order valence-corrected chi connectivity index (χ3v) is 4.82. The van der Waals surface area contributed by atoms with Gasteiger partial charge in [0.1, 0.15) is 0 Å². The number of hydrogen-bond donors (Lipinski definition) is 2. The zero-order valence-electron chi connectivity index (χ0n) is 14.5. The van der Waals surface area contributed by atoms with E-state index in [0.717, 1.165) is 17.0 Å². The molecule has 0 saturated carbocycles. The number of hydrogen-bond acceptors (Lipinski definition) is 4. The fourth-order valence-corrected chi connectivity index (χ4v) is 3.21. The van der Waals surface area contributed by atoms with Crippen molar-refractivity contribution in [2.75, 3.05) is 11.5 Å². The van der Waals surface area contributed by atoms with Gasteiger partial charge in [0.25, 0.3) is 0 Å². The number of aromatic nitrogens is 2. The Labute approximate surface area is 151 Å². The molecule has 0 aliphatic heterocycles. The summed E-state index contributed by atoms with van der Waals surface area (Å²) in [5, 5.41) is 16.0. The second-order valence-electron chi connectivity index (χ2n) is 5.77. The maximum atomic E-state index is 11.9. The molecule has 1 aromatic carbocycles. The Kier molecular flexibility index (Phi) is 7.06. The number of aliphatic carboxylic acids is 1. The Bertz CT molecular complexity index is 729. The Morgan fingerprint density at radius 3 is 2.64 bits per heavy atom. The van der Waals surface area contributed by atoms with Crippen molar-refractivity contribution in [3.05, 3.63) is 52.8 Å². The average Bonchev–Trinajstić information content (AvgIpc) is 2.84. The van der Waals surface area contributed by atoms with Gasteiger partial charge in [0.15, 0.2) is 0 Å². The lowest BCUT2D eigenvalue weighted by atomic mass is 10.2. The van der Waals surface area contributed by atoms with E-state index in [1.807, 2.05) is 36.7 Å². The van der Waals surface area contributed by atoms with Crippen molar-refractivity contribution in [2.45, 2.75) is 33.4 Å². The van der Waals surface area contributed by atoms with E-state index in [4.69, 9.17) is 5.11 Å². The summed E-state index contributed by atoms with van der Waals surface area (Å²) in [6.07, 6.45) is 0.0718. The van der Waals surface area contributed by atoms with Crippen LogP contribution in [-0.4, -0.2) is 38.3 Å². The highest BCUT2D eigenvalue weighted by atomic mass is 32.2. The maximum Gasteiger partial charge on any atom is 0.304 e. The van der Waals surface area contributed by atoms with Gasteiger partial charge < -0.3 is 10.4 Å². The molecule has 1 amide bonds. The summed E-state index contributed by atoms with van der Waals surface area (Å²) in [4.78, 5) is 22.3. The van der Waals surface area contributed by atoms with Crippen LogP contribution in [0.3, 0.4) is 0 Å². The topological polar surface area (TPSA) is 84.2 Å². The van der Waals surface area contributed by atoms with Crippen molar-refractivity contribution < 1.29 is 14.7 Å². The van der Waals surface area contributed by atoms with E-state index in [9.17, 15) is 9.59 Å². The van der Waals surface area contributed by atoms with Crippen LogP contribution in [0, 0.1) is 13.8 Å². The van der Waals surface area contributed by atoms with Crippen LogP contribution in [0.15, 0.2) is 30.3 Å². The third-order valence-electron chi connectivity index (χ3n) is 3.86. The first-order chi connectivity index (χ1) is 12.0. The van der Waals surface area contributed by atoms with Crippen LogP contribution in [0.5, 0.6) is 0 Å². The molecule has 2 rings (SSSR count).